The Hall–Kier alpha value is -1.12. The average Bonchev–Trinajstić information content (AvgIpc) is 2.45. The molecule has 0 aliphatic heterocycles. The molecule has 0 unspecified atom stereocenters. The molecule has 20 heavy (non-hydrogen) atoms. The van der Waals surface area contributed by atoms with Crippen LogP contribution >= 0.6 is 0 Å². The molecule has 1 heterocycles. The summed E-state index contributed by atoms with van der Waals surface area (Å²) >= 11 is 0. The lowest BCUT2D eigenvalue weighted by atomic mass is 9.87. The Balaban J connectivity index is 2.29. The molecule has 3 nitrogen and oxygen atoms in total. The van der Waals surface area contributed by atoms with E-state index in [2.05, 4.69) is 39.1 Å². The van der Waals surface area contributed by atoms with Crippen LogP contribution in [0, 0.1) is 0 Å². The fraction of sp³-hybridized carbons (Fsp3) is 0.765. The molecule has 0 bridgehead atoms. The summed E-state index contributed by atoms with van der Waals surface area (Å²) in [4.78, 5) is 9.67. The molecule has 1 fully saturated rings. The highest BCUT2D eigenvalue weighted by Crippen LogP contribution is 2.32. The molecule has 1 N–H and O–H groups in total. The second-order valence-corrected chi connectivity index (χ2v) is 7.01. The zero-order valence-electron chi connectivity index (χ0n) is 13.5. The fourth-order valence-electron chi connectivity index (χ4n) is 2.74. The van der Waals surface area contributed by atoms with Crippen LogP contribution < -0.4 is 5.32 Å². The normalized spacial score (nSPS) is 17.2. The lowest BCUT2D eigenvalue weighted by Gasteiger charge is -2.24. The molecule has 1 aliphatic carbocycles. The number of nitrogens with one attached hydrogen (secondary N) is 1. The maximum absolute atomic E-state index is 4.89. The van der Waals surface area contributed by atoms with Crippen LogP contribution in [0.2, 0.25) is 0 Å². The summed E-state index contributed by atoms with van der Waals surface area (Å²) in [7, 11) is 0. The van der Waals surface area contributed by atoms with Gasteiger partial charge in [-0.05, 0) is 19.3 Å². The minimum absolute atomic E-state index is 0.0784. The Morgan fingerprint density at radius 1 is 1.15 bits per heavy atom. The van der Waals surface area contributed by atoms with E-state index in [0.29, 0.717) is 5.92 Å². The summed E-state index contributed by atoms with van der Waals surface area (Å²) in [6, 6.07) is 2.13. The summed E-state index contributed by atoms with van der Waals surface area (Å²) in [6.45, 7) is 9.84. The minimum Gasteiger partial charge on any atom is -0.370 e. The average molecular weight is 275 g/mol. The zero-order chi connectivity index (χ0) is 14.6. The van der Waals surface area contributed by atoms with E-state index in [4.69, 9.17) is 9.97 Å². The van der Waals surface area contributed by atoms with E-state index < -0.39 is 0 Å². The Bertz CT molecular complexity index is 428. The van der Waals surface area contributed by atoms with Crippen LogP contribution in [0.25, 0.3) is 0 Å². The van der Waals surface area contributed by atoms with Gasteiger partial charge in [0.25, 0.3) is 0 Å². The molecule has 1 aromatic rings. The van der Waals surface area contributed by atoms with Crippen LogP contribution in [0.4, 0.5) is 5.82 Å². The monoisotopic (exact) mass is 275 g/mol. The van der Waals surface area contributed by atoms with E-state index in [-0.39, 0.29) is 5.41 Å². The van der Waals surface area contributed by atoms with Gasteiger partial charge in [0.05, 0.1) is 5.69 Å². The molecule has 1 aromatic heterocycles. The van der Waals surface area contributed by atoms with Crippen molar-refractivity contribution in [3.63, 3.8) is 0 Å². The first kappa shape index (κ1) is 15.3. The van der Waals surface area contributed by atoms with E-state index in [0.717, 1.165) is 30.3 Å². The minimum atomic E-state index is 0.0784. The van der Waals surface area contributed by atoms with Crippen molar-refractivity contribution in [1.29, 1.82) is 0 Å². The molecule has 112 valence electrons. The van der Waals surface area contributed by atoms with Gasteiger partial charge in [-0.1, -0.05) is 47.0 Å². The molecule has 0 aromatic carbocycles. The molecular formula is C17H29N3. The molecule has 0 saturated heterocycles. The topological polar surface area (TPSA) is 37.8 Å². The van der Waals surface area contributed by atoms with Crippen molar-refractivity contribution in [2.45, 2.75) is 77.6 Å². The predicted molar refractivity (Wildman–Crippen MR) is 85.3 cm³/mol. The summed E-state index contributed by atoms with van der Waals surface area (Å²) < 4.78 is 0. The largest absolute Gasteiger partial charge is 0.370 e. The smallest absolute Gasteiger partial charge is 0.134 e. The van der Waals surface area contributed by atoms with Gasteiger partial charge in [0.2, 0.25) is 0 Å². The quantitative estimate of drug-likeness (QED) is 0.869. The van der Waals surface area contributed by atoms with Crippen LogP contribution in [0.5, 0.6) is 0 Å². The lowest BCUT2D eigenvalue weighted by Crippen LogP contribution is -2.19. The summed E-state index contributed by atoms with van der Waals surface area (Å²) in [5, 5.41) is 3.44. The van der Waals surface area contributed by atoms with Crippen LogP contribution in [-0.4, -0.2) is 16.5 Å². The van der Waals surface area contributed by atoms with Gasteiger partial charge in [0.15, 0.2) is 0 Å². The van der Waals surface area contributed by atoms with Crippen LogP contribution in [0.1, 0.15) is 83.7 Å². The second kappa shape index (κ2) is 6.55. The van der Waals surface area contributed by atoms with Gasteiger partial charge in [-0.3, -0.25) is 0 Å². The predicted octanol–water partition coefficient (Wildman–Crippen LogP) is 4.64. The molecular weight excluding hydrogens is 246 g/mol. The van der Waals surface area contributed by atoms with Crippen molar-refractivity contribution in [1.82, 2.24) is 9.97 Å². The van der Waals surface area contributed by atoms with E-state index in [1.807, 2.05) is 0 Å². The van der Waals surface area contributed by atoms with Crippen LogP contribution in [0.15, 0.2) is 6.07 Å². The van der Waals surface area contributed by atoms with Gasteiger partial charge >= 0.3 is 0 Å². The van der Waals surface area contributed by atoms with Crippen molar-refractivity contribution in [2.75, 3.05) is 11.9 Å². The van der Waals surface area contributed by atoms with Crippen LogP contribution in [0.3, 0.4) is 0 Å². The van der Waals surface area contributed by atoms with E-state index >= 15 is 0 Å². The molecule has 0 atom stereocenters. The summed E-state index contributed by atoms with van der Waals surface area (Å²) in [5.74, 6) is 2.64. The van der Waals surface area contributed by atoms with E-state index in [1.54, 1.807) is 0 Å². The Morgan fingerprint density at radius 2 is 1.85 bits per heavy atom. The van der Waals surface area contributed by atoms with Gasteiger partial charge in [-0.2, -0.15) is 0 Å². The number of nitrogens with zero attached hydrogens (tertiary/aromatic N) is 2. The SMILES string of the molecule is CCCNc1cc(C(C)(C)C)nc(C2CCCCC2)n1. The van der Waals surface area contributed by atoms with Gasteiger partial charge in [0, 0.05) is 23.9 Å². The molecule has 0 radical (unpaired) electrons. The first-order valence-electron chi connectivity index (χ1n) is 8.14. The van der Waals surface area contributed by atoms with Crippen LogP contribution in [-0.2, 0) is 5.41 Å². The highest BCUT2D eigenvalue weighted by Gasteiger charge is 2.23. The van der Waals surface area contributed by atoms with Crippen molar-refractivity contribution < 1.29 is 0 Å². The van der Waals surface area contributed by atoms with Gasteiger partial charge < -0.3 is 5.32 Å². The van der Waals surface area contributed by atoms with E-state index in [9.17, 15) is 0 Å². The molecule has 0 amide bonds. The zero-order valence-corrected chi connectivity index (χ0v) is 13.5. The second-order valence-electron chi connectivity index (χ2n) is 7.01. The Labute approximate surface area is 123 Å². The Kier molecular flexibility index (Phi) is 5.00. The number of rotatable bonds is 4. The first-order chi connectivity index (χ1) is 9.50. The molecule has 0 spiro atoms. The third-order valence-corrected chi connectivity index (χ3v) is 4.04. The summed E-state index contributed by atoms with van der Waals surface area (Å²) in [6.07, 6.45) is 7.64. The number of aromatic nitrogens is 2. The molecule has 2 rings (SSSR count). The van der Waals surface area contributed by atoms with Crippen molar-refractivity contribution in [2.24, 2.45) is 0 Å². The lowest BCUT2D eigenvalue weighted by molar-refractivity contribution is 0.425. The number of anilines is 1. The van der Waals surface area contributed by atoms with Gasteiger partial charge in [-0.25, -0.2) is 9.97 Å². The standard InChI is InChI=1S/C17H29N3/c1-5-11-18-15-12-14(17(2,3)4)19-16(20-15)13-9-7-6-8-10-13/h12-13H,5-11H2,1-4H3,(H,18,19,20). The highest BCUT2D eigenvalue weighted by molar-refractivity contribution is 5.38. The van der Waals surface area contributed by atoms with Crippen molar-refractivity contribution >= 4 is 5.82 Å². The third kappa shape index (κ3) is 3.94. The van der Waals surface area contributed by atoms with Gasteiger partial charge in [0.1, 0.15) is 11.6 Å². The van der Waals surface area contributed by atoms with Crippen molar-refractivity contribution in [3.05, 3.63) is 17.6 Å². The number of hydrogen-bond donors (Lipinski definition) is 1. The van der Waals surface area contributed by atoms with Crippen molar-refractivity contribution in [3.8, 4) is 0 Å². The highest BCUT2D eigenvalue weighted by atomic mass is 15.0. The fourth-order valence-corrected chi connectivity index (χ4v) is 2.74. The molecule has 3 heteroatoms. The first-order valence-corrected chi connectivity index (χ1v) is 8.14. The third-order valence-electron chi connectivity index (χ3n) is 4.04. The molecule has 1 aliphatic rings. The summed E-state index contributed by atoms with van der Waals surface area (Å²) in [5.41, 5.74) is 1.24. The number of hydrogen-bond acceptors (Lipinski definition) is 3. The Morgan fingerprint density at radius 3 is 2.45 bits per heavy atom. The molecule has 1 saturated carbocycles. The maximum atomic E-state index is 4.89. The van der Waals surface area contributed by atoms with Gasteiger partial charge in [-0.15, -0.1) is 0 Å². The maximum Gasteiger partial charge on any atom is 0.134 e. The van der Waals surface area contributed by atoms with E-state index in [1.165, 1.54) is 32.1 Å².